The third-order valence-corrected chi connectivity index (χ3v) is 3.60. The lowest BCUT2D eigenvalue weighted by atomic mass is 9.97. The topological polar surface area (TPSA) is 60.4 Å². The summed E-state index contributed by atoms with van der Waals surface area (Å²) in [5.74, 6) is -0.729. The van der Waals surface area contributed by atoms with Crippen molar-refractivity contribution >= 4 is 16.4 Å². The average Bonchev–Trinajstić information content (AvgIpc) is 2.26. The molecule has 0 unspecified atom stereocenters. The SMILES string of the molecule is Cc1cc(OS(=O)(=O)C(F)(F)F)c(C(C)C)cc1C=O. The summed E-state index contributed by atoms with van der Waals surface area (Å²) in [6.07, 6.45) is 0.545. The van der Waals surface area contributed by atoms with E-state index in [0.29, 0.717) is 11.8 Å². The first-order valence-corrected chi connectivity index (χ1v) is 7.01. The molecule has 0 aliphatic carbocycles. The predicted molar refractivity (Wildman–Crippen MR) is 66.3 cm³/mol. The Labute approximate surface area is 114 Å². The maximum atomic E-state index is 12.3. The number of hydrogen-bond donors (Lipinski definition) is 0. The second-order valence-electron chi connectivity index (χ2n) is 4.50. The number of carbonyl (C=O) groups excluding carboxylic acids is 1. The van der Waals surface area contributed by atoms with Gasteiger partial charge in [0.05, 0.1) is 0 Å². The van der Waals surface area contributed by atoms with E-state index in [-0.39, 0.29) is 17.0 Å². The van der Waals surface area contributed by atoms with E-state index in [4.69, 9.17) is 0 Å². The fraction of sp³-hybridized carbons (Fsp3) is 0.417. The van der Waals surface area contributed by atoms with Crippen molar-refractivity contribution in [1.82, 2.24) is 0 Å². The summed E-state index contributed by atoms with van der Waals surface area (Å²) >= 11 is 0. The number of hydrogen-bond acceptors (Lipinski definition) is 4. The largest absolute Gasteiger partial charge is 0.534 e. The van der Waals surface area contributed by atoms with Gasteiger partial charge in [-0.3, -0.25) is 4.79 Å². The first-order chi connectivity index (χ1) is 8.99. The first-order valence-electron chi connectivity index (χ1n) is 5.60. The van der Waals surface area contributed by atoms with Crippen molar-refractivity contribution in [2.24, 2.45) is 0 Å². The molecule has 0 aliphatic heterocycles. The van der Waals surface area contributed by atoms with Gasteiger partial charge >= 0.3 is 15.6 Å². The molecule has 0 atom stereocenters. The highest BCUT2D eigenvalue weighted by Crippen LogP contribution is 2.33. The first kappa shape index (κ1) is 16.5. The minimum Gasteiger partial charge on any atom is -0.376 e. The fourth-order valence-electron chi connectivity index (χ4n) is 1.53. The molecular formula is C12H13F3O4S. The second kappa shape index (κ2) is 5.43. The molecule has 0 amide bonds. The van der Waals surface area contributed by atoms with Crippen LogP contribution in [0.15, 0.2) is 12.1 Å². The van der Waals surface area contributed by atoms with Gasteiger partial charge in [-0.1, -0.05) is 13.8 Å². The maximum absolute atomic E-state index is 12.3. The van der Waals surface area contributed by atoms with Gasteiger partial charge in [0, 0.05) is 5.56 Å². The van der Waals surface area contributed by atoms with E-state index in [1.54, 1.807) is 13.8 Å². The lowest BCUT2D eigenvalue weighted by Crippen LogP contribution is -2.28. The van der Waals surface area contributed by atoms with Crippen molar-refractivity contribution in [1.29, 1.82) is 0 Å². The normalized spacial score (nSPS) is 12.6. The van der Waals surface area contributed by atoms with Crippen LogP contribution in [-0.2, 0) is 10.1 Å². The van der Waals surface area contributed by atoms with Crippen LogP contribution in [0, 0.1) is 6.92 Å². The molecule has 1 rings (SSSR count). The van der Waals surface area contributed by atoms with Crippen molar-refractivity contribution in [2.45, 2.75) is 32.2 Å². The predicted octanol–water partition coefficient (Wildman–Crippen LogP) is 3.16. The molecule has 8 heteroatoms. The molecule has 0 N–H and O–H groups in total. The zero-order valence-corrected chi connectivity index (χ0v) is 11.8. The molecular weight excluding hydrogens is 297 g/mol. The van der Waals surface area contributed by atoms with Gasteiger partial charge in [-0.2, -0.15) is 21.6 Å². The number of carbonyl (C=O) groups is 1. The van der Waals surface area contributed by atoms with Crippen LogP contribution in [0.2, 0.25) is 0 Å². The van der Waals surface area contributed by atoms with E-state index in [1.807, 2.05) is 0 Å². The van der Waals surface area contributed by atoms with Gasteiger partial charge in [0.25, 0.3) is 0 Å². The summed E-state index contributed by atoms with van der Waals surface area (Å²) in [5.41, 5.74) is -4.69. The Kier molecular flexibility index (Phi) is 4.48. The van der Waals surface area contributed by atoms with E-state index in [9.17, 15) is 26.4 Å². The minimum absolute atomic E-state index is 0.213. The molecule has 4 nitrogen and oxygen atoms in total. The molecule has 0 aromatic heterocycles. The minimum atomic E-state index is -5.73. The number of benzene rings is 1. The van der Waals surface area contributed by atoms with Crippen LogP contribution >= 0.6 is 0 Å². The van der Waals surface area contributed by atoms with Crippen LogP contribution in [0.3, 0.4) is 0 Å². The van der Waals surface area contributed by atoms with Crippen LogP contribution in [0.4, 0.5) is 13.2 Å². The van der Waals surface area contributed by atoms with Gasteiger partial charge in [-0.15, -0.1) is 0 Å². The average molecular weight is 310 g/mol. The van der Waals surface area contributed by atoms with Gasteiger partial charge in [-0.25, -0.2) is 0 Å². The van der Waals surface area contributed by atoms with Crippen LogP contribution in [0.1, 0.15) is 41.3 Å². The summed E-state index contributed by atoms with van der Waals surface area (Å²) < 4.78 is 63.2. The highest BCUT2D eigenvalue weighted by atomic mass is 32.2. The quantitative estimate of drug-likeness (QED) is 0.487. The van der Waals surface area contributed by atoms with Gasteiger partial charge in [0.1, 0.15) is 12.0 Å². The maximum Gasteiger partial charge on any atom is 0.534 e. The Bertz CT molecular complexity index is 618. The second-order valence-corrected chi connectivity index (χ2v) is 6.04. The molecule has 1 aromatic rings. The molecule has 20 heavy (non-hydrogen) atoms. The highest BCUT2D eigenvalue weighted by molar-refractivity contribution is 7.88. The molecule has 0 bridgehead atoms. The Balaban J connectivity index is 3.39. The number of aryl methyl sites for hydroxylation is 1. The Morgan fingerprint density at radius 2 is 1.80 bits per heavy atom. The summed E-state index contributed by atoms with van der Waals surface area (Å²) in [4.78, 5) is 10.8. The molecule has 1 aromatic carbocycles. The third-order valence-electron chi connectivity index (χ3n) is 2.63. The lowest BCUT2D eigenvalue weighted by Gasteiger charge is -2.16. The number of rotatable bonds is 4. The van der Waals surface area contributed by atoms with E-state index in [0.717, 1.165) is 6.07 Å². The van der Waals surface area contributed by atoms with Crippen molar-refractivity contribution in [3.8, 4) is 5.75 Å². The van der Waals surface area contributed by atoms with Crippen LogP contribution in [-0.4, -0.2) is 20.2 Å². The summed E-state index contributed by atoms with van der Waals surface area (Å²) in [6, 6.07) is 2.44. The zero-order chi connectivity index (χ0) is 15.7. The van der Waals surface area contributed by atoms with Crippen LogP contribution in [0.25, 0.3) is 0 Å². The molecule has 0 radical (unpaired) electrons. The van der Waals surface area contributed by atoms with Crippen molar-refractivity contribution in [2.75, 3.05) is 0 Å². The summed E-state index contributed by atoms with van der Waals surface area (Å²) in [5, 5.41) is 0. The Morgan fingerprint density at radius 1 is 1.25 bits per heavy atom. The zero-order valence-electron chi connectivity index (χ0n) is 11.0. The highest BCUT2D eigenvalue weighted by Gasteiger charge is 2.48. The van der Waals surface area contributed by atoms with E-state index >= 15 is 0 Å². The lowest BCUT2D eigenvalue weighted by molar-refractivity contribution is -0.0500. The molecule has 112 valence electrons. The van der Waals surface area contributed by atoms with E-state index in [2.05, 4.69) is 4.18 Å². The van der Waals surface area contributed by atoms with Gasteiger partial charge < -0.3 is 4.18 Å². The molecule has 0 saturated carbocycles. The number of alkyl halides is 3. The molecule has 0 fully saturated rings. The summed E-state index contributed by atoms with van der Waals surface area (Å²) in [7, 11) is -5.73. The smallest absolute Gasteiger partial charge is 0.376 e. The van der Waals surface area contributed by atoms with Gasteiger partial charge in [0.15, 0.2) is 0 Å². The molecule has 0 spiro atoms. The van der Waals surface area contributed by atoms with E-state index in [1.165, 1.54) is 13.0 Å². The molecule has 0 saturated heterocycles. The van der Waals surface area contributed by atoms with Crippen molar-refractivity contribution in [3.05, 3.63) is 28.8 Å². The number of halogens is 3. The standard InChI is InChI=1S/C12H13F3O4S/c1-7(2)10-5-9(6-16)8(3)4-11(10)19-20(17,18)12(13,14)15/h4-7H,1-3H3. The molecule has 0 heterocycles. The summed E-state index contributed by atoms with van der Waals surface area (Å²) in [6.45, 7) is 4.76. The van der Waals surface area contributed by atoms with Crippen LogP contribution in [0.5, 0.6) is 5.75 Å². The number of aldehydes is 1. The van der Waals surface area contributed by atoms with Gasteiger partial charge in [-0.05, 0) is 36.1 Å². The van der Waals surface area contributed by atoms with E-state index < -0.39 is 21.4 Å². The van der Waals surface area contributed by atoms with Crippen molar-refractivity contribution in [3.63, 3.8) is 0 Å². The Hall–Kier alpha value is -1.57. The van der Waals surface area contributed by atoms with Crippen molar-refractivity contribution < 1.29 is 30.6 Å². The molecule has 0 aliphatic rings. The van der Waals surface area contributed by atoms with Crippen LogP contribution < -0.4 is 4.18 Å². The third kappa shape index (κ3) is 3.30. The monoisotopic (exact) mass is 310 g/mol. The fourth-order valence-corrected chi connectivity index (χ4v) is 2.01. The van der Waals surface area contributed by atoms with Gasteiger partial charge in [0.2, 0.25) is 0 Å². The Morgan fingerprint density at radius 3 is 2.20 bits per heavy atom.